The summed E-state index contributed by atoms with van der Waals surface area (Å²) in [6.45, 7) is 2.66. The standard InChI is InChI=1S/C13H16ClFN2O/c1-13(6-2-3-7-16-13)12(18)17-11-5-4-9(14)8-10(11)15/h4-5,8,16H,2-3,6-7H2,1H3,(H,17,18). The fourth-order valence-corrected chi connectivity index (χ4v) is 2.26. The summed E-state index contributed by atoms with van der Waals surface area (Å²) in [5.41, 5.74) is -0.456. The van der Waals surface area contributed by atoms with E-state index in [2.05, 4.69) is 10.6 Å². The number of benzene rings is 1. The van der Waals surface area contributed by atoms with Crippen LogP contribution in [0, 0.1) is 5.82 Å². The van der Waals surface area contributed by atoms with Crippen LogP contribution in [0.15, 0.2) is 18.2 Å². The summed E-state index contributed by atoms with van der Waals surface area (Å²) >= 11 is 5.66. The van der Waals surface area contributed by atoms with Gasteiger partial charge in [0.15, 0.2) is 0 Å². The highest BCUT2D eigenvalue weighted by Crippen LogP contribution is 2.23. The van der Waals surface area contributed by atoms with Crippen molar-refractivity contribution in [3.63, 3.8) is 0 Å². The first-order valence-corrected chi connectivity index (χ1v) is 6.41. The van der Waals surface area contributed by atoms with Crippen molar-refractivity contribution in [2.24, 2.45) is 0 Å². The first kappa shape index (κ1) is 13.3. The second-order valence-electron chi connectivity index (χ2n) is 4.79. The van der Waals surface area contributed by atoms with E-state index >= 15 is 0 Å². The molecule has 3 nitrogen and oxygen atoms in total. The molecule has 0 bridgehead atoms. The quantitative estimate of drug-likeness (QED) is 0.868. The summed E-state index contributed by atoms with van der Waals surface area (Å²) in [7, 11) is 0. The number of carbonyl (C=O) groups excluding carboxylic acids is 1. The topological polar surface area (TPSA) is 41.1 Å². The molecule has 0 radical (unpaired) electrons. The minimum absolute atomic E-state index is 0.165. The Balaban J connectivity index is 2.11. The third-order valence-corrected chi connectivity index (χ3v) is 3.53. The van der Waals surface area contributed by atoms with Gasteiger partial charge in [0.2, 0.25) is 5.91 Å². The molecular weight excluding hydrogens is 255 g/mol. The lowest BCUT2D eigenvalue weighted by Gasteiger charge is -2.33. The molecular formula is C13H16ClFN2O. The molecule has 98 valence electrons. The Bertz CT molecular complexity index is 458. The Morgan fingerprint density at radius 3 is 2.89 bits per heavy atom. The van der Waals surface area contributed by atoms with Crippen LogP contribution in [0.4, 0.5) is 10.1 Å². The third kappa shape index (κ3) is 2.82. The second-order valence-corrected chi connectivity index (χ2v) is 5.23. The Morgan fingerprint density at radius 2 is 2.28 bits per heavy atom. The minimum atomic E-state index is -0.621. The fourth-order valence-electron chi connectivity index (χ4n) is 2.10. The second kappa shape index (κ2) is 5.24. The molecule has 1 aromatic carbocycles. The number of rotatable bonds is 2. The van der Waals surface area contributed by atoms with Crippen LogP contribution in [0.3, 0.4) is 0 Å². The lowest BCUT2D eigenvalue weighted by molar-refractivity contribution is -0.122. The third-order valence-electron chi connectivity index (χ3n) is 3.30. The smallest absolute Gasteiger partial charge is 0.244 e. The zero-order valence-electron chi connectivity index (χ0n) is 10.2. The van der Waals surface area contributed by atoms with Gasteiger partial charge >= 0.3 is 0 Å². The molecule has 2 N–H and O–H groups in total. The zero-order chi connectivity index (χ0) is 13.2. The minimum Gasteiger partial charge on any atom is -0.322 e. The lowest BCUT2D eigenvalue weighted by Crippen LogP contribution is -2.54. The van der Waals surface area contributed by atoms with Crippen LogP contribution in [0.25, 0.3) is 0 Å². The van der Waals surface area contributed by atoms with Gasteiger partial charge in [-0.15, -0.1) is 0 Å². The maximum Gasteiger partial charge on any atom is 0.244 e. The summed E-state index contributed by atoms with van der Waals surface area (Å²) in [6.07, 6.45) is 2.83. The van der Waals surface area contributed by atoms with E-state index in [1.807, 2.05) is 6.92 Å². The van der Waals surface area contributed by atoms with Crippen LogP contribution < -0.4 is 10.6 Å². The molecule has 18 heavy (non-hydrogen) atoms. The van der Waals surface area contributed by atoms with Crippen molar-refractivity contribution in [3.8, 4) is 0 Å². The van der Waals surface area contributed by atoms with Crippen molar-refractivity contribution >= 4 is 23.2 Å². The molecule has 1 saturated heterocycles. The predicted octanol–water partition coefficient (Wildman–Crippen LogP) is 2.95. The van der Waals surface area contributed by atoms with Crippen molar-refractivity contribution in [2.75, 3.05) is 11.9 Å². The molecule has 1 amide bonds. The monoisotopic (exact) mass is 270 g/mol. The molecule has 1 fully saturated rings. The van der Waals surface area contributed by atoms with Gasteiger partial charge in [-0.05, 0) is 50.9 Å². The van der Waals surface area contributed by atoms with E-state index in [4.69, 9.17) is 11.6 Å². The number of anilines is 1. The summed E-state index contributed by atoms with van der Waals surface area (Å²) in [6, 6.07) is 4.21. The van der Waals surface area contributed by atoms with Crippen LogP contribution in [0.1, 0.15) is 26.2 Å². The van der Waals surface area contributed by atoms with E-state index in [0.29, 0.717) is 5.02 Å². The van der Waals surface area contributed by atoms with Gasteiger partial charge in [-0.25, -0.2) is 4.39 Å². The maximum absolute atomic E-state index is 13.6. The number of carbonyl (C=O) groups is 1. The summed E-state index contributed by atoms with van der Waals surface area (Å²) in [4.78, 5) is 12.2. The van der Waals surface area contributed by atoms with E-state index in [9.17, 15) is 9.18 Å². The summed E-state index contributed by atoms with van der Waals surface area (Å²) in [5.74, 6) is -0.723. The predicted molar refractivity (Wildman–Crippen MR) is 70.3 cm³/mol. The van der Waals surface area contributed by atoms with Crippen molar-refractivity contribution in [1.29, 1.82) is 0 Å². The molecule has 1 aliphatic rings. The average molecular weight is 271 g/mol. The summed E-state index contributed by atoms with van der Waals surface area (Å²) < 4.78 is 13.6. The van der Waals surface area contributed by atoms with Crippen molar-refractivity contribution in [1.82, 2.24) is 5.32 Å². The first-order chi connectivity index (χ1) is 8.51. The van der Waals surface area contributed by atoms with Crippen LogP contribution in [-0.4, -0.2) is 18.0 Å². The lowest BCUT2D eigenvalue weighted by atomic mass is 9.90. The SMILES string of the molecule is CC1(C(=O)Nc2ccc(Cl)cc2F)CCCCN1. The van der Waals surface area contributed by atoms with Gasteiger partial charge in [0.05, 0.1) is 11.2 Å². The molecule has 0 aliphatic carbocycles. The van der Waals surface area contributed by atoms with Gasteiger partial charge in [0, 0.05) is 5.02 Å². The van der Waals surface area contributed by atoms with Gasteiger partial charge in [-0.2, -0.15) is 0 Å². The van der Waals surface area contributed by atoms with Gasteiger partial charge in [0.25, 0.3) is 0 Å². The average Bonchev–Trinajstić information content (AvgIpc) is 2.33. The normalized spacial score (nSPS) is 23.7. The zero-order valence-corrected chi connectivity index (χ0v) is 11.0. The Hall–Kier alpha value is -1.13. The molecule has 1 aliphatic heterocycles. The molecule has 1 aromatic rings. The number of nitrogens with one attached hydrogen (secondary N) is 2. The summed E-state index contributed by atoms with van der Waals surface area (Å²) in [5, 5.41) is 6.11. The van der Waals surface area contributed by atoms with Gasteiger partial charge < -0.3 is 10.6 Å². The van der Waals surface area contributed by atoms with Gasteiger partial charge in [-0.3, -0.25) is 4.79 Å². The number of piperidine rings is 1. The largest absolute Gasteiger partial charge is 0.322 e. The number of hydrogen-bond acceptors (Lipinski definition) is 2. The van der Waals surface area contributed by atoms with Crippen LogP contribution in [-0.2, 0) is 4.79 Å². The Morgan fingerprint density at radius 1 is 1.50 bits per heavy atom. The van der Waals surface area contributed by atoms with Crippen molar-refractivity contribution in [3.05, 3.63) is 29.0 Å². The van der Waals surface area contributed by atoms with E-state index in [0.717, 1.165) is 25.8 Å². The highest BCUT2D eigenvalue weighted by molar-refractivity contribution is 6.30. The molecule has 0 aromatic heterocycles. The number of halogens is 2. The maximum atomic E-state index is 13.6. The molecule has 5 heteroatoms. The number of hydrogen-bond donors (Lipinski definition) is 2. The van der Waals surface area contributed by atoms with Crippen molar-refractivity contribution in [2.45, 2.75) is 31.7 Å². The highest BCUT2D eigenvalue weighted by atomic mass is 35.5. The number of amides is 1. The molecule has 2 rings (SSSR count). The highest BCUT2D eigenvalue weighted by Gasteiger charge is 2.34. The van der Waals surface area contributed by atoms with E-state index in [-0.39, 0.29) is 11.6 Å². The van der Waals surface area contributed by atoms with Crippen molar-refractivity contribution < 1.29 is 9.18 Å². The Kier molecular flexibility index (Phi) is 3.88. The first-order valence-electron chi connectivity index (χ1n) is 6.03. The molecule has 1 atom stereocenters. The van der Waals surface area contributed by atoms with Gasteiger partial charge in [0.1, 0.15) is 5.82 Å². The molecule has 0 spiro atoms. The van der Waals surface area contributed by atoms with E-state index in [1.54, 1.807) is 6.07 Å². The van der Waals surface area contributed by atoms with Crippen LogP contribution in [0.2, 0.25) is 5.02 Å². The molecule has 1 unspecified atom stereocenters. The Labute approximate surface area is 111 Å². The molecule has 0 saturated carbocycles. The van der Waals surface area contributed by atoms with E-state index < -0.39 is 11.4 Å². The fraction of sp³-hybridized carbons (Fsp3) is 0.462. The van der Waals surface area contributed by atoms with Crippen LogP contribution >= 0.6 is 11.6 Å². The van der Waals surface area contributed by atoms with Crippen LogP contribution in [0.5, 0.6) is 0 Å². The van der Waals surface area contributed by atoms with Gasteiger partial charge in [-0.1, -0.05) is 11.6 Å². The molecule has 1 heterocycles. The van der Waals surface area contributed by atoms with E-state index in [1.165, 1.54) is 12.1 Å².